The molecule has 4 heteroatoms. The highest BCUT2D eigenvalue weighted by Crippen LogP contribution is 2.37. The van der Waals surface area contributed by atoms with Crippen molar-refractivity contribution < 1.29 is 4.39 Å². The molecule has 2 aromatic carbocycles. The van der Waals surface area contributed by atoms with Gasteiger partial charge in [-0.15, -0.1) is 11.8 Å². The number of hydrogen-bond acceptors (Lipinski definition) is 2. The van der Waals surface area contributed by atoms with Crippen LogP contribution in [0, 0.1) is 5.82 Å². The van der Waals surface area contributed by atoms with E-state index in [4.69, 9.17) is 11.6 Å². The Hall–Kier alpha value is -1.03. The lowest BCUT2D eigenvalue weighted by Crippen LogP contribution is -2.26. The van der Waals surface area contributed by atoms with Crippen LogP contribution in [0.1, 0.15) is 23.6 Å². The minimum absolute atomic E-state index is 0.168. The third-order valence-electron chi connectivity index (χ3n) is 3.70. The molecule has 0 amide bonds. The Bertz CT molecular complexity index is 632. The molecule has 1 unspecified atom stereocenters. The number of hydrogen-bond donors (Lipinski definition) is 1. The molecule has 1 N–H and O–H groups in total. The van der Waals surface area contributed by atoms with Gasteiger partial charge in [-0.1, -0.05) is 23.7 Å². The van der Waals surface area contributed by atoms with E-state index in [9.17, 15) is 4.39 Å². The third kappa shape index (κ3) is 3.79. The SMILES string of the molecule is Fc1cccc(CCNC2CCSc3ccc(Cl)cc32)c1. The molecule has 0 spiro atoms. The quantitative estimate of drug-likeness (QED) is 0.864. The van der Waals surface area contributed by atoms with Crippen molar-refractivity contribution in [2.45, 2.75) is 23.8 Å². The van der Waals surface area contributed by atoms with E-state index in [1.807, 2.05) is 23.9 Å². The van der Waals surface area contributed by atoms with E-state index in [1.165, 1.54) is 16.5 Å². The van der Waals surface area contributed by atoms with E-state index in [-0.39, 0.29) is 5.82 Å². The van der Waals surface area contributed by atoms with Crippen LogP contribution in [0.3, 0.4) is 0 Å². The topological polar surface area (TPSA) is 12.0 Å². The van der Waals surface area contributed by atoms with Crippen LogP contribution in [-0.4, -0.2) is 12.3 Å². The third-order valence-corrected chi connectivity index (χ3v) is 5.06. The molecule has 0 radical (unpaired) electrons. The number of nitrogens with one attached hydrogen (secondary N) is 1. The summed E-state index contributed by atoms with van der Waals surface area (Å²) in [6.45, 7) is 0.838. The van der Waals surface area contributed by atoms with Gasteiger partial charge in [0, 0.05) is 16.0 Å². The monoisotopic (exact) mass is 321 g/mol. The first-order chi connectivity index (χ1) is 10.2. The maximum atomic E-state index is 13.2. The molecule has 0 bridgehead atoms. The van der Waals surface area contributed by atoms with E-state index in [2.05, 4.69) is 17.4 Å². The van der Waals surface area contributed by atoms with Crippen LogP contribution in [0.2, 0.25) is 5.02 Å². The summed E-state index contributed by atoms with van der Waals surface area (Å²) in [6, 6.07) is 13.3. The van der Waals surface area contributed by atoms with Gasteiger partial charge in [0.05, 0.1) is 0 Å². The zero-order chi connectivity index (χ0) is 14.7. The highest BCUT2D eigenvalue weighted by molar-refractivity contribution is 7.99. The molecule has 0 aliphatic carbocycles. The van der Waals surface area contributed by atoms with E-state index < -0.39 is 0 Å². The molecule has 0 saturated heterocycles. The van der Waals surface area contributed by atoms with Crippen molar-refractivity contribution in [2.24, 2.45) is 0 Å². The Morgan fingerprint density at radius 1 is 1.24 bits per heavy atom. The summed E-state index contributed by atoms with van der Waals surface area (Å²) in [5, 5.41) is 4.36. The van der Waals surface area contributed by atoms with Crippen LogP contribution >= 0.6 is 23.4 Å². The smallest absolute Gasteiger partial charge is 0.123 e. The lowest BCUT2D eigenvalue weighted by Gasteiger charge is -2.26. The van der Waals surface area contributed by atoms with E-state index in [0.29, 0.717) is 6.04 Å². The number of fused-ring (bicyclic) bond motifs is 1. The fourth-order valence-electron chi connectivity index (χ4n) is 2.66. The molecular weight excluding hydrogens is 305 g/mol. The van der Waals surface area contributed by atoms with Crippen LogP contribution in [-0.2, 0) is 6.42 Å². The van der Waals surface area contributed by atoms with Gasteiger partial charge >= 0.3 is 0 Å². The van der Waals surface area contributed by atoms with E-state index in [1.54, 1.807) is 12.1 Å². The Morgan fingerprint density at radius 3 is 3.00 bits per heavy atom. The predicted molar refractivity (Wildman–Crippen MR) is 87.6 cm³/mol. The summed E-state index contributed by atoms with van der Waals surface area (Å²) >= 11 is 8.00. The van der Waals surface area contributed by atoms with Gasteiger partial charge in [-0.05, 0) is 66.6 Å². The second-order valence-corrected chi connectivity index (χ2v) is 6.78. The number of benzene rings is 2. The average molecular weight is 322 g/mol. The lowest BCUT2D eigenvalue weighted by atomic mass is 10.0. The van der Waals surface area contributed by atoms with Crippen molar-refractivity contribution in [3.8, 4) is 0 Å². The second kappa shape index (κ2) is 6.82. The van der Waals surface area contributed by atoms with Gasteiger partial charge in [0.2, 0.25) is 0 Å². The highest BCUT2D eigenvalue weighted by Gasteiger charge is 2.20. The summed E-state index contributed by atoms with van der Waals surface area (Å²) < 4.78 is 13.2. The molecule has 2 aromatic rings. The Balaban J connectivity index is 1.63. The maximum Gasteiger partial charge on any atom is 0.123 e. The fraction of sp³-hybridized carbons (Fsp3) is 0.294. The molecule has 110 valence electrons. The average Bonchev–Trinajstić information content (AvgIpc) is 2.48. The zero-order valence-corrected chi connectivity index (χ0v) is 13.2. The van der Waals surface area contributed by atoms with Crippen LogP contribution in [0.4, 0.5) is 4.39 Å². The summed E-state index contributed by atoms with van der Waals surface area (Å²) in [4.78, 5) is 1.31. The van der Waals surface area contributed by atoms with Crippen molar-refractivity contribution >= 4 is 23.4 Å². The Morgan fingerprint density at radius 2 is 2.14 bits per heavy atom. The summed E-state index contributed by atoms with van der Waals surface area (Å²) in [5.74, 6) is 0.949. The van der Waals surface area contributed by atoms with Crippen molar-refractivity contribution in [3.05, 3.63) is 64.4 Å². The molecule has 1 atom stereocenters. The summed E-state index contributed by atoms with van der Waals surface area (Å²) in [7, 11) is 0. The minimum atomic E-state index is -0.168. The largest absolute Gasteiger partial charge is 0.310 e. The van der Waals surface area contributed by atoms with Gasteiger partial charge in [-0.25, -0.2) is 4.39 Å². The molecule has 1 aliphatic heterocycles. The van der Waals surface area contributed by atoms with Crippen molar-refractivity contribution in [3.63, 3.8) is 0 Å². The number of rotatable bonds is 4. The normalized spacial score (nSPS) is 17.5. The standard InChI is InChI=1S/C17H17ClFNS/c18-13-4-5-17-15(11-13)16(7-9-21-17)20-8-6-12-2-1-3-14(19)10-12/h1-5,10-11,16,20H,6-9H2. The minimum Gasteiger partial charge on any atom is -0.310 e. The molecule has 0 fully saturated rings. The summed E-state index contributed by atoms with van der Waals surface area (Å²) in [6.07, 6.45) is 1.93. The van der Waals surface area contributed by atoms with E-state index in [0.717, 1.165) is 35.7 Å². The van der Waals surface area contributed by atoms with Gasteiger partial charge in [-0.3, -0.25) is 0 Å². The maximum absolute atomic E-state index is 13.2. The molecule has 1 heterocycles. The first kappa shape index (κ1) is 14.9. The van der Waals surface area contributed by atoms with Crippen LogP contribution in [0.5, 0.6) is 0 Å². The van der Waals surface area contributed by atoms with Crippen LogP contribution in [0.25, 0.3) is 0 Å². The fourth-order valence-corrected chi connectivity index (χ4v) is 3.95. The van der Waals surface area contributed by atoms with Crippen LogP contribution in [0.15, 0.2) is 47.4 Å². The zero-order valence-electron chi connectivity index (χ0n) is 11.6. The van der Waals surface area contributed by atoms with Crippen molar-refractivity contribution in [2.75, 3.05) is 12.3 Å². The molecular formula is C17H17ClFNS. The van der Waals surface area contributed by atoms with Crippen molar-refractivity contribution in [1.29, 1.82) is 0 Å². The molecule has 3 rings (SSSR count). The Labute approximate surface area is 133 Å². The summed E-state index contributed by atoms with van der Waals surface area (Å²) in [5.41, 5.74) is 2.32. The van der Waals surface area contributed by atoms with Gasteiger partial charge < -0.3 is 5.32 Å². The molecule has 0 aromatic heterocycles. The lowest BCUT2D eigenvalue weighted by molar-refractivity contribution is 0.513. The predicted octanol–water partition coefficient (Wildman–Crippen LogP) is 4.85. The Kier molecular flexibility index (Phi) is 4.84. The highest BCUT2D eigenvalue weighted by atomic mass is 35.5. The second-order valence-electron chi connectivity index (χ2n) is 5.21. The number of thioether (sulfide) groups is 1. The molecule has 1 nitrogen and oxygen atoms in total. The van der Waals surface area contributed by atoms with Gasteiger partial charge in [0.15, 0.2) is 0 Å². The molecule has 0 saturated carbocycles. The van der Waals surface area contributed by atoms with Crippen molar-refractivity contribution in [1.82, 2.24) is 5.32 Å². The van der Waals surface area contributed by atoms with Gasteiger partial charge in [0.25, 0.3) is 0 Å². The number of halogens is 2. The first-order valence-corrected chi connectivity index (χ1v) is 8.49. The van der Waals surface area contributed by atoms with E-state index >= 15 is 0 Å². The first-order valence-electron chi connectivity index (χ1n) is 7.12. The van der Waals surface area contributed by atoms with Crippen LogP contribution < -0.4 is 5.32 Å². The molecule has 1 aliphatic rings. The van der Waals surface area contributed by atoms with Gasteiger partial charge in [0.1, 0.15) is 5.82 Å². The van der Waals surface area contributed by atoms with Gasteiger partial charge in [-0.2, -0.15) is 0 Å². The molecule has 21 heavy (non-hydrogen) atoms.